The van der Waals surface area contributed by atoms with Crippen molar-refractivity contribution in [1.29, 1.82) is 0 Å². The molecule has 0 amide bonds. The average molecular weight is 426 g/mol. The van der Waals surface area contributed by atoms with E-state index in [0.29, 0.717) is 13.1 Å². The quantitative estimate of drug-likeness (QED) is 0.674. The summed E-state index contributed by atoms with van der Waals surface area (Å²) < 4.78 is 29.2. The van der Waals surface area contributed by atoms with E-state index in [4.69, 9.17) is 4.98 Å². The highest BCUT2D eigenvalue weighted by Crippen LogP contribution is 2.31. The topological polar surface area (TPSA) is 80.1 Å². The maximum absolute atomic E-state index is 13.0. The number of nitrogens with one attached hydrogen (secondary N) is 1. The van der Waals surface area contributed by atoms with Crippen LogP contribution in [-0.2, 0) is 17.1 Å². The van der Waals surface area contributed by atoms with Crippen LogP contribution in [-0.4, -0.2) is 40.3 Å². The monoisotopic (exact) mass is 425 g/mol. The third-order valence-corrected chi connectivity index (χ3v) is 7.15. The largest absolute Gasteiger partial charge is 0.355 e. The third-order valence-electron chi connectivity index (χ3n) is 5.40. The third kappa shape index (κ3) is 4.39. The second-order valence-electron chi connectivity index (χ2n) is 7.99. The fourth-order valence-electron chi connectivity index (χ4n) is 3.84. The number of aromatic nitrogens is 3. The molecule has 0 unspecified atom stereocenters. The Hall–Kier alpha value is -2.71. The highest BCUT2D eigenvalue weighted by Gasteiger charge is 2.33. The molecule has 8 heteroatoms. The molecule has 1 aliphatic rings. The summed E-state index contributed by atoms with van der Waals surface area (Å²) in [6, 6.07) is 12.3. The van der Waals surface area contributed by atoms with Crippen molar-refractivity contribution < 1.29 is 8.42 Å². The van der Waals surface area contributed by atoms with Crippen molar-refractivity contribution in [3.8, 4) is 0 Å². The molecule has 1 N–H and O–H groups in total. The van der Waals surface area contributed by atoms with Crippen LogP contribution in [0.15, 0.2) is 53.9 Å². The molecule has 2 aromatic heterocycles. The van der Waals surface area contributed by atoms with Crippen LogP contribution < -0.4 is 5.32 Å². The maximum Gasteiger partial charge on any atom is 0.262 e. The lowest BCUT2D eigenvalue weighted by Gasteiger charge is -2.31. The zero-order valence-electron chi connectivity index (χ0n) is 17.5. The van der Waals surface area contributed by atoms with Crippen molar-refractivity contribution in [3.63, 3.8) is 0 Å². The molecule has 1 aliphatic heterocycles. The molecule has 1 aromatic carbocycles. The molecule has 3 aromatic rings. The van der Waals surface area contributed by atoms with Gasteiger partial charge in [0.05, 0.1) is 6.33 Å². The molecule has 1 saturated heterocycles. The van der Waals surface area contributed by atoms with Gasteiger partial charge in [-0.25, -0.2) is 13.4 Å². The van der Waals surface area contributed by atoms with Gasteiger partial charge in [-0.2, -0.15) is 4.31 Å². The summed E-state index contributed by atoms with van der Waals surface area (Å²) in [7, 11) is -1.83. The fourth-order valence-corrected chi connectivity index (χ4v) is 5.33. The van der Waals surface area contributed by atoms with Gasteiger partial charge in [-0.15, -0.1) is 0 Å². The number of pyridine rings is 1. The Morgan fingerprint density at radius 3 is 2.57 bits per heavy atom. The summed E-state index contributed by atoms with van der Waals surface area (Å²) in [5, 5.41) is 3.54. The number of hydrogen-bond acceptors (Lipinski definition) is 5. The van der Waals surface area contributed by atoms with E-state index < -0.39 is 10.0 Å². The molecule has 7 nitrogen and oxygen atoms in total. The number of imidazole rings is 1. The molecule has 0 radical (unpaired) electrons. The summed E-state index contributed by atoms with van der Waals surface area (Å²) in [5.74, 6) is 0.0516. The van der Waals surface area contributed by atoms with E-state index in [1.807, 2.05) is 31.2 Å². The van der Waals surface area contributed by atoms with E-state index in [1.54, 1.807) is 22.1 Å². The van der Waals surface area contributed by atoms with Crippen molar-refractivity contribution in [1.82, 2.24) is 18.8 Å². The first-order chi connectivity index (χ1) is 14.3. The van der Waals surface area contributed by atoms with E-state index >= 15 is 0 Å². The Balaban J connectivity index is 1.56. The van der Waals surface area contributed by atoms with Gasteiger partial charge in [0.25, 0.3) is 10.0 Å². The molecule has 30 heavy (non-hydrogen) atoms. The number of aryl methyl sites for hydroxylation is 3. The Labute approximate surface area is 177 Å². The van der Waals surface area contributed by atoms with Gasteiger partial charge in [-0.3, -0.25) is 4.98 Å². The SMILES string of the molecule is Cc1ccc(Nc2cc(C)nc([C@@H]3CCCN(S(=O)(=O)c4cn(C)cn4)C3)c2)cc1. The number of anilines is 2. The van der Waals surface area contributed by atoms with Crippen LogP contribution in [0.1, 0.15) is 35.7 Å². The normalized spacial score (nSPS) is 17.8. The predicted octanol–water partition coefficient (Wildman–Crippen LogP) is 3.74. The maximum atomic E-state index is 13.0. The minimum Gasteiger partial charge on any atom is -0.355 e. The van der Waals surface area contributed by atoms with E-state index in [9.17, 15) is 8.42 Å². The number of piperidine rings is 1. The highest BCUT2D eigenvalue weighted by atomic mass is 32.2. The molecule has 1 fully saturated rings. The molecular weight excluding hydrogens is 398 g/mol. The Morgan fingerprint density at radius 1 is 1.10 bits per heavy atom. The minimum absolute atomic E-state index is 0.0516. The van der Waals surface area contributed by atoms with E-state index in [-0.39, 0.29) is 10.9 Å². The van der Waals surface area contributed by atoms with E-state index in [0.717, 1.165) is 35.6 Å². The smallest absolute Gasteiger partial charge is 0.262 e. The van der Waals surface area contributed by atoms with Crippen LogP contribution in [0.5, 0.6) is 0 Å². The van der Waals surface area contributed by atoms with Crippen molar-refractivity contribution in [3.05, 3.63) is 65.9 Å². The second kappa shape index (κ2) is 8.20. The molecule has 0 aliphatic carbocycles. The van der Waals surface area contributed by atoms with Crippen LogP contribution in [0.2, 0.25) is 0 Å². The van der Waals surface area contributed by atoms with Crippen molar-refractivity contribution in [2.24, 2.45) is 7.05 Å². The summed E-state index contributed by atoms with van der Waals surface area (Å²) in [6.07, 6.45) is 4.77. The fraction of sp³-hybridized carbons (Fsp3) is 0.364. The summed E-state index contributed by atoms with van der Waals surface area (Å²) in [6.45, 7) is 4.95. The number of nitrogens with zero attached hydrogens (tertiary/aromatic N) is 4. The first-order valence-electron chi connectivity index (χ1n) is 10.1. The van der Waals surface area contributed by atoms with E-state index in [2.05, 4.69) is 29.4 Å². The minimum atomic E-state index is -3.60. The molecular formula is C22H27N5O2S. The van der Waals surface area contributed by atoms with Gasteiger partial charge < -0.3 is 9.88 Å². The van der Waals surface area contributed by atoms with Crippen molar-refractivity contribution in [2.45, 2.75) is 37.6 Å². The molecule has 0 spiro atoms. The Kier molecular flexibility index (Phi) is 5.62. The second-order valence-corrected chi connectivity index (χ2v) is 9.88. The molecule has 1 atom stereocenters. The summed E-state index contributed by atoms with van der Waals surface area (Å²) >= 11 is 0. The van der Waals surface area contributed by atoms with Crippen molar-refractivity contribution in [2.75, 3.05) is 18.4 Å². The zero-order valence-corrected chi connectivity index (χ0v) is 18.4. The average Bonchev–Trinajstić information content (AvgIpc) is 3.17. The Morgan fingerprint density at radius 2 is 1.87 bits per heavy atom. The lowest BCUT2D eigenvalue weighted by Crippen LogP contribution is -2.39. The van der Waals surface area contributed by atoms with Gasteiger partial charge in [0, 0.05) is 55.0 Å². The zero-order chi connectivity index (χ0) is 21.3. The summed E-state index contributed by atoms with van der Waals surface area (Å²) in [5.41, 5.74) is 5.02. The lowest BCUT2D eigenvalue weighted by molar-refractivity contribution is 0.312. The predicted molar refractivity (Wildman–Crippen MR) is 117 cm³/mol. The molecule has 4 rings (SSSR count). The summed E-state index contributed by atoms with van der Waals surface area (Å²) in [4.78, 5) is 8.77. The van der Waals surface area contributed by atoms with Gasteiger partial charge in [0.2, 0.25) is 0 Å². The molecule has 0 bridgehead atoms. The van der Waals surface area contributed by atoms with Gasteiger partial charge >= 0.3 is 0 Å². The number of hydrogen-bond donors (Lipinski definition) is 1. The number of benzene rings is 1. The van der Waals surface area contributed by atoms with E-state index in [1.165, 1.54) is 11.9 Å². The van der Waals surface area contributed by atoms with Crippen molar-refractivity contribution >= 4 is 21.4 Å². The van der Waals surface area contributed by atoms with Gasteiger partial charge in [-0.05, 0) is 51.0 Å². The van der Waals surface area contributed by atoms with Crippen LogP contribution in [0.25, 0.3) is 0 Å². The van der Waals surface area contributed by atoms with Gasteiger partial charge in [0.1, 0.15) is 0 Å². The number of rotatable bonds is 5. The van der Waals surface area contributed by atoms with Gasteiger partial charge in [-0.1, -0.05) is 17.7 Å². The number of sulfonamides is 1. The van der Waals surface area contributed by atoms with Crippen LogP contribution in [0, 0.1) is 13.8 Å². The molecule has 3 heterocycles. The first kappa shape index (κ1) is 20.6. The van der Waals surface area contributed by atoms with Crippen LogP contribution in [0.3, 0.4) is 0 Å². The lowest BCUT2D eigenvalue weighted by atomic mass is 9.95. The Bertz CT molecular complexity index is 1140. The van der Waals surface area contributed by atoms with Crippen LogP contribution in [0.4, 0.5) is 11.4 Å². The van der Waals surface area contributed by atoms with Crippen LogP contribution >= 0.6 is 0 Å². The molecule has 0 saturated carbocycles. The van der Waals surface area contributed by atoms with Gasteiger partial charge in [0.15, 0.2) is 5.03 Å². The first-order valence-corrected chi connectivity index (χ1v) is 11.6. The standard InChI is InChI=1S/C22H27N5O2S/c1-16-6-8-19(9-7-16)25-20-11-17(2)24-21(12-20)18-5-4-10-27(13-18)30(28,29)22-14-26(3)15-23-22/h6-9,11-12,14-15,18H,4-5,10,13H2,1-3H3,(H,24,25)/t18-/m1/s1. The highest BCUT2D eigenvalue weighted by molar-refractivity contribution is 7.89. The molecule has 158 valence electrons.